The van der Waals surface area contributed by atoms with E-state index in [1.54, 1.807) is 0 Å². The van der Waals surface area contributed by atoms with Crippen molar-refractivity contribution in [2.24, 2.45) is 0 Å². The molecular formula is C21H27F4N3O4. The Bertz CT molecular complexity index is 774. The summed E-state index contributed by atoms with van der Waals surface area (Å²) in [7, 11) is 0. The number of rotatable bonds is 5. The molecule has 0 spiro atoms. The van der Waals surface area contributed by atoms with E-state index in [9.17, 15) is 27.2 Å². The number of aliphatic carboxylic acids is 1. The summed E-state index contributed by atoms with van der Waals surface area (Å²) in [5.41, 5.74) is 0.489. The number of halogens is 4. The van der Waals surface area contributed by atoms with Gasteiger partial charge in [0.25, 0.3) is 5.91 Å². The summed E-state index contributed by atoms with van der Waals surface area (Å²) < 4.78 is 44.9. The second-order valence-electron chi connectivity index (χ2n) is 7.63. The third-order valence-corrected chi connectivity index (χ3v) is 5.40. The molecule has 1 aliphatic heterocycles. The maximum Gasteiger partial charge on any atom is 0.490 e. The van der Waals surface area contributed by atoms with Crippen molar-refractivity contribution < 1.29 is 37.1 Å². The third-order valence-electron chi connectivity index (χ3n) is 5.40. The number of piperazine rings is 1. The number of hydrogen-bond acceptors (Lipinski definition) is 4. The molecule has 0 atom stereocenters. The van der Waals surface area contributed by atoms with E-state index >= 15 is 0 Å². The number of carboxylic acids is 1. The number of nitrogens with one attached hydrogen (secondary N) is 1. The van der Waals surface area contributed by atoms with Crippen LogP contribution in [0.15, 0.2) is 24.3 Å². The van der Waals surface area contributed by atoms with Crippen molar-refractivity contribution in [2.75, 3.05) is 32.7 Å². The minimum absolute atomic E-state index is 0.0972. The molecule has 0 aromatic heterocycles. The summed E-state index contributed by atoms with van der Waals surface area (Å²) >= 11 is 0. The fourth-order valence-electron chi connectivity index (χ4n) is 3.71. The fourth-order valence-corrected chi connectivity index (χ4v) is 3.71. The number of carboxylic acid groups (broad SMARTS) is 1. The maximum atomic E-state index is 13.1. The number of nitrogens with zero attached hydrogens (tertiary/aromatic N) is 2. The number of amides is 2. The zero-order chi connectivity index (χ0) is 23.7. The predicted molar refractivity (Wildman–Crippen MR) is 107 cm³/mol. The van der Waals surface area contributed by atoms with E-state index in [4.69, 9.17) is 9.90 Å². The van der Waals surface area contributed by atoms with Crippen molar-refractivity contribution in [3.63, 3.8) is 0 Å². The SMILES string of the molecule is O=C(CCN(C(=O)c1ccc(F)cc1)C1CCCC1)N1CCNCC1.O=C(O)C(F)(F)F. The first-order chi connectivity index (χ1) is 15.1. The van der Waals surface area contributed by atoms with Crippen molar-refractivity contribution in [1.29, 1.82) is 0 Å². The van der Waals surface area contributed by atoms with Gasteiger partial charge in [-0.05, 0) is 37.1 Å². The van der Waals surface area contributed by atoms with Crippen molar-refractivity contribution >= 4 is 17.8 Å². The lowest BCUT2D eigenvalue weighted by molar-refractivity contribution is -0.192. The number of carbonyl (C=O) groups is 3. The summed E-state index contributed by atoms with van der Waals surface area (Å²) in [4.78, 5) is 37.9. The van der Waals surface area contributed by atoms with Crippen molar-refractivity contribution in [2.45, 2.75) is 44.3 Å². The van der Waals surface area contributed by atoms with Crippen LogP contribution >= 0.6 is 0 Å². The summed E-state index contributed by atoms with van der Waals surface area (Å²) in [5.74, 6) is -3.10. The van der Waals surface area contributed by atoms with Gasteiger partial charge < -0.3 is 20.2 Å². The number of alkyl halides is 3. The molecule has 1 aromatic carbocycles. The Balaban J connectivity index is 0.000000451. The van der Waals surface area contributed by atoms with E-state index in [0.717, 1.165) is 51.9 Å². The smallest absolute Gasteiger partial charge is 0.475 e. The van der Waals surface area contributed by atoms with Crippen LogP contribution in [0.1, 0.15) is 42.5 Å². The highest BCUT2D eigenvalue weighted by atomic mass is 19.4. The molecule has 2 amide bonds. The summed E-state index contributed by atoms with van der Waals surface area (Å²) in [6.07, 6.45) is -0.542. The monoisotopic (exact) mass is 461 g/mol. The van der Waals surface area contributed by atoms with Crippen LogP contribution in [-0.4, -0.2) is 77.6 Å². The Morgan fingerprint density at radius 2 is 1.59 bits per heavy atom. The van der Waals surface area contributed by atoms with Crippen LogP contribution < -0.4 is 5.32 Å². The molecule has 1 saturated heterocycles. The van der Waals surface area contributed by atoms with Gasteiger partial charge in [-0.3, -0.25) is 9.59 Å². The number of hydrogen-bond donors (Lipinski definition) is 2. The molecule has 1 heterocycles. The molecule has 3 rings (SSSR count). The zero-order valence-corrected chi connectivity index (χ0v) is 17.5. The topological polar surface area (TPSA) is 90.0 Å². The Morgan fingerprint density at radius 3 is 2.09 bits per heavy atom. The first-order valence-electron chi connectivity index (χ1n) is 10.4. The molecule has 2 aliphatic rings. The molecule has 2 N–H and O–H groups in total. The standard InChI is InChI=1S/C19H26FN3O2.C2HF3O2/c20-16-7-5-15(6-8-16)19(25)23(17-3-1-2-4-17)12-9-18(24)22-13-10-21-11-14-22;3-2(4,5)1(6)7/h5-8,17,21H,1-4,9-14H2;(H,6,7). The average molecular weight is 461 g/mol. The molecule has 0 unspecified atom stereocenters. The highest BCUT2D eigenvalue weighted by molar-refractivity contribution is 5.94. The van der Waals surface area contributed by atoms with Crippen molar-refractivity contribution in [3.05, 3.63) is 35.6 Å². The van der Waals surface area contributed by atoms with Crippen molar-refractivity contribution in [3.8, 4) is 0 Å². The van der Waals surface area contributed by atoms with E-state index < -0.39 is 12.1 Å². The Kier molecular flexibility index (Phi) is 9.42. The van der Waals surface area contributed by atoms with Gasteiger partial charge >= 0.3 is 12.1 Å². The first-order valence-corrected chi connectivity index (χ1v) is 10.4. The Hall–Kier alpha value is -2.69. The quantitative estimate of drug-likeness (QED) is 0.659. The van der Waals surface area contributed by atoms with E-state index in [2.05, 4.69) is 5.32 Å². The molecule has 1 aromatic rings. The molecule has 1 saturated carbocycles. The van der Waals surface area contributed by atoms with E-state index in [1.165, 1.54) is 24.3 Å². The van der Waals surface area contributed by atoms with Gasteiger partial charge in [-0.1, -0.05) is 12.8 Å². The largest absolute Gasteiger partial charge is 0.490 e. The lowest BCUT2D eigenvalue weighted by Crippen LogP contribution is -2.48. The highest BCUT2D eigenvalue weighted by Gasteiger charge is 2.38. The van der Waals surface area contributed by atoms with Crippen LogP contribution in [0.2, 0.25) is 0 Å². The van der Waals surface area contributed by atoms with Gasteiger partial charge in [0, 0.05) is 50.7 Å². The van der Waals surface area contributed by atoms with Gasteiger partial charge in [-0.25, -0.2) is 9.18 Å². The van der Waals surface area contributed by atoms with Gasteiger partial charge in [0.2, 0.25) is 5.91 Å². The third kappa shape index (κ3) is 7.77. The number of benzene rings is 1. The molecule has 7 nitrogen and oxygen atoms in total. The van der Waals surface area contributed by atoms with Crippen LogP contribution in [0.3, 0.4) is 0 Å². The van der Waals surface area contributed by atoms with Gasteiger partial charge in [0.05, 0.1) is 0 Å². The van der Waals surface area contributed by atoms with Gasteiger partial charge in [0.1, 0.15) is 5.82 Å². The average Bonchev–Trinajstić information content (AvgIpc) is 3.29. The van der Waals surface area contributed by atoms with E-state index in [1.807, 2.05) is 9.80 Å². The molecule has 1 aliphatic carbocycles. The summed E-state index contributed by atoms with van der Waals surface area (Å²) in [6.45, 7) is 3.55. The maximum absolute atomic E-state index is 13.1. The normalized spacial score (nSPS) is 16.8. The van der Waals surface area contributed by atoms with Crippen LogP contribution in [0.5, 0.6) is 0 Å². The molecule has 32 heavy (non-hydrogen) atoms. The lowest BCUT2D eigenvalue weighted by atomic mass is 10.1. The van der Waals surface area contributed by atoms with Gasteiger partial charge in [0.15, 0.2) is 0 Å². The van der Waals surface area contributed by atoms with Crippen LogP contribution in [0.25, 0.3) is 0 Å². The second-order valence-corrected chi connectivity index (χ2v) is 7.63. The molecule has 178 valence electrons. The summed E-state index contributed by atoms with van der Waals surface area (Å²) in [5, 5.41) is 10.4. The minimum atomic E-state index is -5.08. The Labute approximate surface area is 183 Å². The molecular weight excluding hydrogens is 434 g/mol. The lowest BCUT2D eigenvalue weighted by Gasteiger charge is -2.31. The fraction of sp³-hybridized carbons (Fsp3) is 0.571. The highest BCUT2D eigenvalue weighted by Crippen LogP contribution is 2.25. The molecule has 11 heteroatoms. The van der Waals surface area contributed by atoms with Gasteiger partial charge in [-0.2, -0.15) is 13.2 Å². The second kappa shape index (κ2) is 11.8. The van der Waals surface area contributed by atoms with Crippen LogP contribution in [0.4, 0.5) is 17.6 Å². The minimum Gasteiger partial charge on any atom is -0.475 e. The van der Waals surface area contributed by atoms with E-state index in [-0.39, 0.29) is 23.7 Å². The van der Waals surface area contributed by atoms with Crippen LogP contribution in [0, 0.1) is 5.82 Å². The first kappa shape index (κ1) is 25.6. The number of carbonyl (C=O) groups excluding carboxylic acids is 2. The molecule has 0 radical (unpaired) electrons. The zero-order valence-electron chi connectivity index (χ0n) is 17.5. The Morgan fingerprint density at radius 1 is 1.06 bits per heavy atom. The molecule has 0 bridgehead atoms. The van der Waals surface area contributed by atoms with Crippen LogP contribution in [-0.2, 0) is 9.59 Å². The predicted octanol–water partition coefficient (Wildman–Crippen LogP) is 2.67. The van der Waals surface area contributed by atoms with Gasteiger partial charge in [-0.15, -0.1) is 0 Å². The van der Waals surface area contributed by atoms with Crippen molar-refractivity contribution in [1.82, 2.24) is 15.1 Å². The van der Waals surface area contributed by atoms with E-state index in [0.29, 0.717) is 18.5 Å². The molecule has 2 fully saturated rings. The summed E-state index contributed by atoms with van der Waals surface area (Å²) in [6, 6.07) is 5.86.